The zero-order valence-electron chi connectivity index (χ0n) is 33.7. The van der Waals surface area contributed by atoms with E-state index in [9.17, 15) is 24.9 Å². The lowest BCUT2D eigenvalue weighted by atomic mass is 9.92. The van der Waals surface area contributed by atoms with Crippen molar-refractivity contribution < 1.29 is 47.7 Å². The van der Waals surface area contributed by atoms with Gasteiger partial charge in [0.25, 0.3) is 0 Å². The lowest BCUT2D eigenvalue weighted by Gasteiger charge is -2.24. The van der Waals surface area contributed by atoms with Crippen LogP contribution in [-0.4, -0.2) is 88.2 Å². The Balaban J connectivity index is 1.18. The smallest absolute Gasteiger partial charge is 0.472 e. The number of hydrogen-bond acceptors (Lipinski definition) is 13. The highest BCUT2D eigenvalue weighted by atomic mass is 31.2. The molecule has 1 unspecified atom stereocenters. The van der Waals surface area contributed by atoms with Crippen LogP contribution in [0, 0.1) is 17.2 Å². The number of nitrogen functional groups attached to an aromatic ring is 1. The summed E-state index contributed by atoms with van der Waals surface area (Å²) >= 11 is 0. The van der Waals surface area contributed by atoms with Gasteiger partial charge in [-0.05, 0) is 42.8 Å². The number of fused-ring (bicyclic) bond motifs is 1. The van der Waals surface area contributed by atoms with E-state index in [4.69, 9.17) is 33.7 Å². The zero-order chi connectivity index (χ0) is 40.9. The molecule has 0 amide bonds. The van der Waals surface area contributed by atoms with Gasteiger partial charge < -0.3 is 39.8 Å². The van der Waals surface area contributed by atoms with Crippen molar-refractivity contribution in [3.8, 4) is 17.6 Å². The van der Waals surface area contributed by atoms with Crippen LogP contribution in [0.3, 0.4) is 0 Å². The number of unbranched alkanes of at least 4 members (excludes halogenated alkanes) is 15. The fourth-order valence-corrected chi connectivity index (χ4v) is 7.80. The first-order chi connectivity index (χ1) is 27.6. The molecule has 0 aliphatic carbocycles. The van der Waals surface area contributed by atoms with Crippen LogP contribution < -0.4 is 15.2 Å². The van der Waals surface area contributed by atoms with Gasteiger partial charge in [0.1, 0.15) is 47.7 Å². The first kappa shape index (κ1) is 46.4. The monoisotopic (exact) mass is 817 g/mol. The molecule has 5 N–H and O–H groups in total. The molecule has 16 heteroatoms. The molecule has 0 radical (unpaired) electrons. The van der Waals surface area contributed by atoms with Crippen molar-refractivity contribution in [2.24, 2.45) is 5.92 Å². The minimum atomic E-state index is -4.71. The molecule has 4 rings (SSSR count). The number of nitriles is 1. The van der Waals surface area contributed by atoms with E-state index >= 15 is 0 Å². The SMILES string of the molecule is CCCCCCCCCCCCCCCCCCOC[C@@H](COc1ccc(OC)cc1)COP(=O)(O)OC[C@H]1O[C@@](C#N)(c2ccc3c(N)ncnn23)[C@H](O)[C@@H]1O. The molecular formula is C41H64N5O10P. The number of phosphoric ester groups is 1. The molecule has 1 saturated heterocycles. The summed E-state index contributed by atoms with van der Waals surface area (Å²) in [6.07, 6.45) is 17.0. The Kier molecular flexibility index (Phi) is 20.0. The van der Waals surface area contributed by atoms with E-state index in [0.717, 1.165) is 19.3 Å². The van der Waals surface area contributed by atoms with Gasteiger partial charge in [-0.3, -0.25) is 9.05 Å². The Morgan fingerprint density at radius 3 is 2.07 bits per heavy atom. The number of ether oxygens (including phenoxy) is 4. The van der Waals surface area contributed by atoms with E-state index in [1.807, 2.05) is 6.07 Å². The minimum absolute atomic E-state index is 0.0888. The second kappa shape index (κ2) is 24.6. The Morgan fingerprint density at radius 1 is 0.877 bits per heavy atom. The van der Waals surface area contributed by atoms with Crippen LogP contribution >= 0.6 is 7.82 Å². The van der Waals surface area contributed by atoms with Gasteiger partial charge in [0.2, 0.25) is 5.60 Å². The first-order valence-electron chi connectivity index (χ1n) is 20.6. The number of methoxy groups -OCH3 is 1. The highest BCUT2D eigenvalue weighted by Gasteiger charge is 2.58. The Bertz CT molecular complexity index is 1670. The number of aliphatic hydroxyl groups is 2. The number of nitrogens with two attached hydrogens (primary N) is 1. The third kappa shape index (κ3) is 14.5. The van der Waals surface area contributed by atoms with E-state index < -0.39 is 44.3 Å². The summed E-state index contributed by atoms with van der Waals surface area (Å²) in [7, 11) is -3.14. The van der Waals surface area contributed by atoms with E-state index in [2.05, 4.69) is 17.0 Å². The fraction of sp³-hybridized carbons (Fsp3) is 0.683. The Hall–Kier alpha value is -3.32. The summed E-state index contributed by atoms with van der Waals surface area (Å²) in [5.41, 5.74) is 4.28. The summed E-state index contributed by atoms with van der Waals surface area (Å²) in [5.74, 6) is 0.961. The van der Waals surface area contributed by atoms with Gasteiger partial charge in [0.05, 0.1) is 39.2 Å². The van der Waals surface area contributed by atoms with Crippen LogP contribution in [0.1, 0.15) is 115 Å². The normalized spacial score (nSPS) is 21.0. The van der Waals surface area contributed by atoms with Crippen LogP contribution in [0.5, 0.6) is 11.5 Å². The molecule has 1 fully saturated rings. The molecule has 57 heavy (non-hydrogen) atoms. The van der Waals surface area contributed by atoms with Crippen molar-refractivity contribution in [2.45, 2.75) is 134 Å². The fourth-order valence-electron chi connectivity index (χ4n) is 6.99. The summed E-state index contributed by atoms with van der Waals surface area (Å²) in [5, 5.41) is 36.0. The molecular weight excluding hydrogens is 753 g/mol. The van der Waals surface area contributed by atoms with Gasteiger partial charge in [-0.1, -0.05) is 103 Å². The number of anilines is 1. The summed E-state index contributed by atoms with van der Waals surface area (Å²) in [6.45, 7) is 2.25. The number of hydrogen-bond donors (Lipinski definition) is 4. The maximum atomic E-state index is 13.0. The Labute approximate surface area is 337 Å². The quantitative estimate of drug-likeness (QED) is 0.0385. The van der Waals surface area contributed by atoms with Crippen molar-refractivity contribution in [3.05, 3.63) is 48.4 Å². The molecule has 1 aliphatic heterocycles. The topological polar surface area (TPSA) is 213 Å². The molecule has 0 bridgehead atoms. The van der Waals surface area contributed by atoms with Gasteiger partial charge in [-0.25, -0.2) is 14.1 Å². The van der Waals surface area contributed by atoms with Crippen molar-refractivity contribution in [2.75, 3.05) is 45.9 Å². The van der Waals surface area contributed by atoms with E-state index in [1.165, 1.54) is 100 Å². The number of aromatic nitrogens is 3. The minimum Gasteiger partial charge on any atom is -0.497 e. The van der Waals surface area contributed by atoms with Crippen molar-refractivity contribution >= 4 is 19.2 Å². The second-order valence-electron chi connectivity index (χ2n) is 14.9. The standard InChI is InChI=1S/C41H64N5O10P/c1-3-4-5-6-7-8-9-10-11-12-13-14-15-16-17-18-25-52-26-32(27-53-34-21-19-33(51-2)20-22-34)28-54-57(49,50)55-29-36-38(47)39(48)41(30-42,56-36)37-24-23-35-40(43)44-31-45-46(35)37/h19-24,31-32,36,38-39,47-48H,3-18,25-29H2,1-2H3,(H,49,50)(H2,43,44,45)/t32-,36+,38+,39+,41-/m0/s1. The molecule has 3 aromatic rings. The van der Waals surface area contributed by atoms with Gasteiger partial charge >= 0.3 is 7.82 Å². The van der Waals surface area contributed by atoms with Crippen LogP contribution in [0.25, 0.3) is 5.52 Å². The lowest BCUT2D eigenvalue weighted by molar-refractivity contribution is -0.0648. The first-order valence-corrected chi connectivity index (χ1v) is 22.1. The Morgan fingerprint density at radius 2 is 1.47 bits per heavy atom. The molecule has 0 saturated carbocycles. The van der Waals surface area contributed by atoms with E-state index in [0.29, 0.717) is 23.6 Å². The van der Waals surface area contributed by atoms with Crippen LogP contribution in [-0.2, 0) is 28.7 Å². The maximum absolute atomic E-state index is 13.0. The molecule has 1 aliphatic rings. The average molecular weight is 818 g/mol. The van der Waals surface area contributed by atoms with Crippen LogP contribution in [0.4, 0.5) is 5.82 Å². The highest BCUT2D eigenvalue weighted by molar-refractivity contribution is 7.47. The third-order valence-electron chi connectivity index (χ3n) is 10.4. The van der Waals surface area contributed by atoms with Crippen LogP contribution in [0.15, 0.2) is 42.7 Å². The van der Waals surface area contributed by atoms with Gasteiger partial charge in [0.15, 0.2) is 5.82 Å². The summed E-state index contributed by atoms with van der Waals surface area (Å²) < 4.78 is 47.8. The number of phosphoric acid groups is 1. The van der Waals surface area contributed by atoms with Gasteiger partial charge in [-0.15, -0.1) is 0 Å². The summed E-state index contributed by atoms with van der Waals surface area (Å²) in [6, 6.07) is 12.0. The zero-order valence-corrected chi connectivity index (χ0v) is 34.6. The van der Waals surface area contributed by atoms with Crippen LogP contribution in [0.2, 0.25) is 0 Å². The average Bonchev–Trinajstić information content (AvgIpc) is 3.77. The third-order valence-corrected chi connectivity index (χ3v) is 11.4. The van der Waals surface area contributed by atoms with Crippen molar-refractivity contribution in [1.29, 1.82) is 5.26 Å². The second-order valence-corrected chi connectivity index (χ2v) is 16.3. The summed E-state index contributed by atoms with van der Waals surface area (Å²) in [4.78, 5) is 14.5. The maximum Gasteiger partial charge on any atom is 0.472 e. The largest absolute Gasteiger partial charge is 0.497 e. The predicted molar refractivity (Wildman–Crippen MR) is 216 cm³/mol. The lowest BCUT2D eigenvalue weighted by Crippen LogP contribution is -2.41. The van der Waals surface area contributed by atoms with Gasteiger partial charge in [-0.2, -0.15) is 10.4 Å². The number of benzene rings is 1. The highest BCUT2D eigenvalue weighted by Crippen LogP contribution is 2.46. The molecule has 15 nitrogen and oxygen atoms in total. The van der Waals surface area contributed by atoms with E-state index in [-0.39, 0.29) is 31.3 Å². The van der Waals surface area contributed by atoms with E-state index in [1.54, 1.807) is 37.4 Å². The molecule has 2 aromatic heterocycles. The number of aliphatic hydroxyl groups excluding tert-OH is 2. The molecule has 0 spiro atoms. The molecule has 318 valence electrons. The van der Waals surface area contributed by atoms with Crippen molar-refractivity contribution in [1.82, 2.24) is 14.6 Å². The molecule has 1 aromatic carbocycles. The number of rotatable bonds is 30. The van der Waals surface area contributed by atoms with Crippen molar-refractivity contribution in [3.63, 3.8) is 0 Å². The number of nitrogens with zero attached hydrogens (tertiary/aromatic N) is 4. The predicted octanol–water partition coefficient (Wildman–Crippen LogP) is 7.27. The molecule has 3 heterocycles. The molecule has 6 atom stereocenters. The van der Waals surface area contributed by atoms with Gasteiger partial charge in [0, 0.05) is 12.5 Å².